The van der Waals surface area contributed by atoms with Crippen LogP contribution < -0.4 is 5.48 Å². The van der Waals surface area contributed by atoms with E-state index in [1.165, 1.54) is 6.07 Å². The van der Waals surface area contributed by atoms with Crippen LogP contribution in [0.5, 0.6) is 0 Å². The van der Waals surface area contributed by atoms with Crippen LogP contribution in [0.1, 0.15) is 41.9 Å². The van der Waals surface area contributed by atoms with E-state index in [4.69, 9.17) is 0 Å². The van der Waals surface area contributed by atoms with Gasteiger partial charge in [-0.15, -0.1) is 0 Å². The lowest BCUT2D eigenvalue weighted by molar-refractivity contribution is -0.135. The number of aromatic nitrogens is 2. The Balaban J connectivity index is 0.00000140. The molecular weight excluding hydrogens is 397 g/mol. The zero-order valence-corrected chi connectivity index (χ0v) is 17.4. The van der Waals surface area contributed by atoms with Gasteiger partial charge in [0.25, 0.3) is 5.91 Å². The van der Waals surface area contributed by atoms with Gasteiger partial charge < -0.3 is 4.40 Å². The molecule has 2 atom stereocenters. The van der Waals surface area contributed by atoms with Gasteiger partial charge in [-0.2, -0.15) is 27.0 Å². The molecule has 5 nitrogen and oxygen atoms in total. The van der Waals surface area contributed by atoms with Crippen molar-refractivity contribution in [2.45, 2.75) is 37.5 Å². The van der Waals surface area contributed by atoms with Gasteiger partial charge in [-0.25, -0.2) is 14.9 Å². The summed E-state index contributed by atoms with van der Waals surface area (Å²) in [5.74, 6) is -0.679. The summed E-state index contributed by atoms with van der Waals surface area (Å²) in [7, 11) is 0. The number of fused-ring (bicyclic) bond motifs is 1. The molecule has 28 heavy (non-hydrogen) atoms. The first-order valence-corrected chi connectivity index (χ1v) is 8.68. The molecule has 4 rings (SSSR count). The number of imidazole rings is 1. The van der Waals surface area contributed by atoms with Crippen LogP contribution in [0.25, 0.3) is 5.65 Å². The average molecular weight is 422 g/mol. The Morgan fingerprint density at radius 2 is 2.11 bits per heavy atom. The number of hydroxylamine groups is 1. The summed E-state index contributed by atoms with van der Waals surface area (Å²) >= 11 is 0. The summed E-state index contributed by atoms with van der Waals surface area (Å²) in [6.07, 6.45) is 7.42. The number of rotatable bonds is 3. The highest BCUT2D eigenvalue weighted by Gasteiger charge is 2.48. The number of carbonyl (C=O) groups excluding carboxylic acids is 1. The molecule has 2 aromatic heterocycles. The SMILES string of the molecule is Cc1c(F)cccc1[C@]1(C(=O)NO)CC[C@H](c2ccn3ccnc3c2)C1.S.S. The van der Waals surface area contributed by atoms with Gasteiger partial charge in [0.15, 0.2) is 0 Å². The molecule has 0 bridgehead atoms. The summed E-state index contributed by atoms with van der Waals surface area (Å²) in [5.41, 5.74) is 3.94. The highest BCUT2D eigenvalue weighted by Crippen LogP contribution is 2.49. The summed E-state index contributed by atoms with van der Waals surface area (Å²) in [5, 5.41) is 9.35. The van der Waals surface area contributed by atoms with Gasteiger partial charge in [-0.3, -0.25) is 10.0 Å². The zero-order chi connectivity index (χ0) is 18.3. The molecule has 1 amide bonds. The van der Waals surface area contributed by atoms with Crippen molar-refractivity contribution in [1.29, 1.82) is 0 Å². The summed E-state index contributed by atoms with van der Waals surface area (Å²) < 4.78 is 16.1. The normalized spacial score (nSPS) is 21.0. The molecule has 0 spiro atoms. The number of carbonyl (C=O) groups is 1. The molecule has 0 saturated heterocycles. The Bertz CT molecular complexity index is 994. The third-order valence-corrected chi connectivity index (χ3v) is 5.73. The Morgan fingerprint density at radius 3 is 2.86 bits per heavy atom. The van der Waals surface area contributed by atoms with Crippen molar-refractivity contribution in [3.63, 3.8) is 0 Å². The summed E-state index contributed by atoms with van der Waals surface area (Å²) in [6.45, 7) is 1.68. The first-order valence-electron chi connectivity index (χ1n) is 8.68. The van der Waals surface area contributed by atoms with Gasteiger partial charge in [0.2, 0.25) is 0 Å². The van der Waals surface area contributed by atoms with Gasteiger partial charge >= 0.3 is 0 Å². The maximum atomic E-state index is 14.1. The lowest BCUT2D eigenvalue weighted by atomic mass is 9.75. The molecule has 1 aliphatic carbocycles. The van der Waals surface area contributed by atoms with Crippen LogP contribution in [0, 0.1) is 12.7 Å². The topological polar surface area (TPSA) is 66.6 Å². The van der Waals surface area contributed by atoms with Crippen molar-refractivity contribution in [3.8, 4) is 0 Å². The maximum absolute atomic E-state index is 14.1. The number of hydrogen-bond acceptors (Lipinski definition) is 3. The fraction of sp³-hybridized carbons (Fsp3) is 0.300. The molecule has 1 fully saturated rings. The summed E-state index contributed by atoms with van der Waals surface area (Å²) in [4.78, 5) is 17.0. The van der Waals surface area contributed by atoms with Crippen LogP contribution in [-0.4, -0.2) is 20.5 Å². The lowest BCUT2D eigenvalue weighted by Crippen LogP contribution is -2.42. The monoisotopic (exact) mass is 421 g/mol. The second-order valence-corrected chi connectivity index (χ2v) is 7.03. The van der Waals surface area contributed by atoms with E-state index in [0.29, 0.717) is 24.0 Å². The number of nitrogens with zero attached hydrogens (tertiary/aromatic N) is 2. The Labute approximate surface area is 176 Å². The molecule has 8 heteroatoms. The highest BCUT2D eigenvalue weighted by atomic mass is 32.1. The number of hydrogen-bond donors (Lipinski definition) is 2. The van der Waals surface area contributed by atoms with Crippen molar-refractivity contribution in [2.24, 2.45) is 0 Å². The molecule has 2 N–H and O–H groups in total. The van der Waals surface area contributed by atoms with E-state index in [0.717, 1.165) is 17.6 Å². The Kier molecular flexibility index (Phi) is 6.80. The second kappa shape index (κ2) is 8.55. The quantitative estimate of drug-likeness (QED) is 0.500. The van der Waals surface area contributed by atoms with Crippen LogP contribution in [-0.2, 0) is 10.2 Å². The van der Waals surface area contributed by atoms with Gasteiger partial charge in [0.1, 0.15) is 11.5 Å². The van der Waals surface area contributed by atoms with Crippen LogP contribution in [0.15, 0.2) is 48.9 Å². The van der Waals surface area contributed by atoms with E-state index in [1.54, 1.807) is 25.3 Å². The molecule has 0 radical (unpaired) electrons. The van der Waals surface area contributed by atoms with Crippen LogP contribution in [0.4, 0.5) is 4.39 Å². The zero-order valence-electron chi connectivity index (χ0n) is 15.4. The van der Waals surface area contributed by atoms with E-state index in [-0.39, 0.29) is 38.7 Å². The Hall–Kier alpha value is -2.03. The first kappa shape index (κ1) is 22.3. The fourth-order valence-corrected chi connectivity index (χ4v) is 4.32. The first-order chi connectivity index (χ1) is 12.5. The fourth-order valence-electron chi connectivity index (χ4n) is 4.32. The van der Waals surface area contributed by atoms with E-state index in [9.17, 15) is 14.4 Å². The van der Waals surface area contributed by atoms with Gasteiger partial charge in [-0.1, -0.05) is 12.1 Å². The van der Waals surface area contributed by atoms with Crippen LogP contribution in [0.3, 0.4) is 0 Å². The number of pyridine rings is 1. The van der Waals surface area contributed by atoms with Gasteiger partial charge in [0.05, 0.1) is 5.41 Å². The molecular formula is C20H24FN3O2S2. The van der Waals surface area contributed by atoms with Crippen molar-refractivity contribution in [3.05, 3.63) is 71.4 Å². The second-order valence-electron chi connectivity index (χ2n) is 7.03. The molecule has 2 heterocycles. The van der Waals surface area contributed by atoms with Crippen LogP contribution >= 0.6 is 27.0 Å². The summed E-state index contributed by atoms with van der Waals surface area (Å²) in [6, 6.07) is 8.85. The smallest absolute Gasteiger partial charge is 0.254 e. The number of halogens is 1. The van der Waals surface area contributed by atoms with Gasteiger partial charge in [0, 0.05) is 18.6 Å². The minimum atomic E-state index is -0.937. The van der Waals surface area contributed by atoms with Gasteiger partial charge in [-0.05, 0) is 67.0 Å². The molecule has 1 saturated carbocycles. The number of amides is 1. The van der Waals surface area contributed by atoms with Crippen molar-refractivity contribution in [1.82, 2.24) is 14.9 Å². The molecule has 3 aromatic rings. The van der Waals surface area contributed by atoms with E-state index in [1.807, 2.05) is 34.4 Å². The van der Waals surface area contributed by atoms with Crippen molar-refractivity contribution in [2.75, 3.05) is 0 Å². The molecule has 1 aromatic carbocycles. The molecule has 150 valence electrons. The highest BCUT2D eigenvalue weighted by molar-refractivity contribution is 7.59. The minimum Gasteiger partial charge on any atom is -0.307 e. The van der Waals surface area contributed by atoms with E-state index < -0.39 is 11.3 Å². The van der Waals surface area contributed by atoms with Crippen LogP contribution in [0.2, 0.25) is 0 Å². The van der Waals surface area contributed by atoms with E-state index in [2.05, 4.69) is 4.98 Å². The maximum Gasteiger partial charge on any atom is 0.254 e. The van der Waals surface area contributed by atoms with Crippen molar-refractivity contribution < 1.29 is 14.4 Å². The molecule has 0 unspecified atom stereocenters. The largest absolute Gasteiger partial charge is 0.307 e. The predicted molar refractivity (Wildman–Crippen MR) is 115 cm³/mol. The Morgan fingerprint density at radius 1 is 1.32 bits per heavy atom. The predicted octanol–water partition coefficient (Wildman–Crippen LogP) is 3.72. The standard InChI is InChI=1S/C20H20FN3O2.2H2S/c1-13-16(3-2-4-17(13)21)20(19(25)23-26)7-5-15(12-20)14-6-9-24-10-8-22-18(24)11-14;;/h2-4,6,8-11,15,26H,5,7,12H2,1H3,(H,23,25);2*1H2/t15-,20-;;/m0../s1. The van der Waals surface area contributed by atoms with E-state index >= 15 is 0 Å². The average Bonchev–Trinajstić information content (AvgIpc) is 3.30. The van der Waals surface area contributed by atoms with Crippen molar-refractivity contribution >= 4 is 38.5 Å². The lowest BCUT2D eigenvalue weighted by Gasteiger charge is -2.29. The molecule has 1 aliphatic rings. The third-order valence-electron chi connectivity index (χ3n) is 5.73. The minimum absolute atomic E-state index is 0. The number of nitrogens with one attached hydrogen (secondary N) is 1. The third kappa shape index (κ3) is 3.52. The molecule has 0 aliphatic heterocycles. The number of benzene rings is 1.